The van der Waals surface area contributed by atoms with Gasteiger partial charge in [0.05, 0.1) is 42.4 Å². The van der Waals surface area contributed by atoms with Gasteiger partial charge in [0.2, 0.25) is 11.8 Å². The van der Waals surface area contributed by atoms with Crippen LogP contribution in [0.5, 0.6) is 5.88 Å². The molecule has 1 aliphatic carbocycles. The van der Waals surface area contributed by atoms with E-state index in [4.69, 9.17) is 14.8 Å². The Morgan fingerprint density at radius 1 is 1.21 bits per heavy atom. The summed E-state index contributed by atoms with van der Waals surface area (Å²) in [5.74, 6) is 0.479. The molecule has 1 aromatic carbocycles. The van der Waals surface area contributed by atoms with Crippen LogP contribution >= 0.6 is 0 Å². The predicted molar refractivity (Wildman–Crippen MR) is 123 cm³/mol. The number of hydrogen-bond donors (Lipinski definition) is 0. The lowest BCUT2D eigenvalue weighted by molar-refractivity contribution is -0.183. The third-order valence-electron chi connectivity index (χ3n) is 7.01. The first-order valence-electron chi connectivity index (χ1n) is 11.7. The molecule has 1 atom stereocenters. The molecule has 3 heterocycles. The topological polar surface area (TPSA) is 80.4 Å². The largest absolute Gasteiger partial charge is 0.481 e. The number of aromatic nitrogens is 2. The molecule has 2 fully saturated rings. The summed E-state index contributed by atoms with van der Waals surface area (Å²) < 4.78 is 21.4. The van der Waals surface area contributed by atoms with Gasteiger partial charge < -0.3 is 9.30 Å². The van der Waals surface area contributed by atoms with Crippen molar-refractivity contribution < 1.29 is 18.8 Å². The van der Waals surface area contributed by atoms with Crippen molar-refractivity contribution in [3.05, 3.63) is 59.5 Å². The molecule has 0 unspecified atom stereocenters. The molecule has 7 nitrogen and oxygen atoms in total. The maximum atomic E-state index is 14.0. The lowest BCUT2D eigenvalue weighted by Crippen LogP contribution is -2.37. The monoisotopic (exact) mass is 462 g/mol. The molecule has 34 heavy (non-hydrogen) atoms. The molecule has 1 saturated heterocycles. The van der Waals surface area contributed by atoms with Gasteiger partial charge in [-0.2, -0.15) is 5.26 Å². The highest BCUT2D eigenvalue weighted by molar-refractivity contribution is 5.79. The minimum absolute atomic E-state index is 0.0357. The summed E-state index contributed by atoms with van der Waals surface area (Å²) in [6, 6.07) is 11.8. The average molecular weight is 463 g/mol. The fourth-order valence-electron chi connectivity index (χ4n) is 5.24. The van der Waals surface area contributed by atoms with Crippen molar-refractivity contribution in [1.29, 1.82) is 5.26 Å². The van der Waals surface area contributed by atoms with Crippen LogP contribution in [0.4, 0.5) is 4.39 Å². The van der Waals surface area contributed by atoms with E-state index >= 15 is 0 Å². The molecule has 0 spiro atoms. The summed E-state index contributed by atoms with van der Waals surface area (Å²) >= 11 is 0. The number of halogens is 1. The van der Waals surface area contributed by atoms with E-state index in [1.54, 1.807) is 13.2 Å². The van der Waals surface area contributed by atoms with Crippen LogP contribution in [-0.4, -0.2) is 34.2 Å². The van der Waals surface area contributed by atoms with E-state index < -0.39 is 5.82 Å². The Balaban J connectivity index is 1.22. The van der Waals surface area contributed by atoms with Crippen LogP contribution in [0.1, 0.15) is 49.3 Å². The standard InChI is InChI=1S/C26H27FN4O3/c1-33-25-7-6-24-22(29-25)8-10-30(24)16-17-2-4-19(5-3-17)26(32)31-23(9-11-34-31)20-12-18(15-28)13-21(27)14-20/h6-8,10,12-14,17,19,23H,2-5,9,11,16H2,1H3/t17-,19-,23-/m0/s1. The first-order valence-corrected chi connectivity index (χ1v) is 11.7. The Hall–Kier alpha value is -3.44. The second-order valence-corrected chi connectivity index (χ2v) is 9.13. The van der Waals surface area contributed by atoms with Crippen molar-refractivity contribution in [2.75, 3.05) is 13.7 Å². The Morgan fingerprint density at radius 3 is 2.79 bits per heavy atom. The Morgan fingerprint density at radius 2 is 2.03 bits per heavy atom. The minimum Gasteiger partial charge on any atom is -0.481 e. The molecule has 1 aliphatic heterocycles. The van der Waals surface area contributed by atoms with E-state index in [9.17, 15) is 9.18 Å². The molecular formula is C26H27FN4O3. The molecule has 176 valence electrons. The van der Waals surface area contributed by atoms with Crippen molar-refractivity contribution in [1.82, 2.24) is 14.6 Å². The lowest BCUT2D eigenvalue weighted by Gasteiger charge is -2.32. The van der Waals surface area contributed by atoms with Crippen molar-refractivity contribution in [2.24, 2.45) is 11.8 Å². The number of benzene rings is 1. The van der Waals surface area contributed by atoms with Crippen molar-refractivity contribution >= 4 is 16.9 Å². The summed E-state index contributed by atoms with van der Waals surface area (Å²) in [4.78, 5) is 23.5. The molecule has 3 aromatic rings. The van der Waals surface area contributed by atoms with Gasteiger partial charge in [-0.1, -0.05) is 0 Å². The van der Waals surface area contributed by atoms with E-state index in [-0.39, 0.29) is 23.4 Å². The predicted octanol–water partition coefficient (Wildman–Crippen LogP) is 4.77. The molecule has 5 rings (SSSR count). The van der Waals surface area contributed by atoms with Gasteiger partial charge in [0.1, 0.15) is 5.82 Å². The van der Waals surface area contributed by atoms with Crippen molar-refractivity contribution in [2.45, 2.75) is 44.7 Å². The third-order valence-corrected chi connectivity index (χ3v) is 7.01. The van der Waals surface area contributed by atoms with Gasteiger partial charge in [0.15, 0.2) is 0 Å². The summed E-state index contributed by atoms with van der Waals surface area (Å²) in [5, 5.41) is 10.6. The van der Waals surface area contributed by atoms with Crippen molar-refractivity contribution in [3.63, 3.8) is 0 Å². The SMILES string of the molecule is COc1ccc2c(ccn2C[C@H]2CC[C@H](C(=O)N3OCC[C@H]3c3cc(F)cc(C#N)c3)CC2)n1. The number of amides is 1. The van der Waals surface area contributed by atoms with E-state index in [0.29, 0.717) is 30.4 Å². The average Bonchev–Trinajstić information content (AvgIpc) is 3.51. The molecule has 0 radical (unpaired) electrons. The molecule has 2 aliphatic rings. The molecular weight excluding hydrogens is 435 g/mol. The highest BCUT2D eigenvalue weighted by Crippen LogP contribution is 2.37. The number of nitrogens with zero attached hydrogens (tertiary/aromatic N) is 4. The summed E-state index contributed by atoms with van der Waals surface area (Å²) in [6.45, 7) is 1.30. The second-order valence-electron chi connectivity index (χ2n) is 9.13. The van der Waals surface area contributed by atoms with Gasteiger partial charge in [-0.15, -0.1) is 0 Å². The van der Waals surface area contributed by atoms with E-state index in [2.05, 4.69) is 15.7 Å². The number of carbonyl (C=O) groups excluding carboxylic acids is 1. The van der Waals surface area contributed by atoms with Crippen LogP contribution in [0, 0.1) is 29.0 Å². The summed E-state index contributed by atoms with van der Waals surface area (Å²) in [5.41, 5.74) is 2.86. The second kappa shape index (κ2) is 9.43. The number of rotatable bonds is 5. The number of pyridine rings is 1. The van der Waals surface area contributed by atoms with Crippen LogP contribution in [0.25, 0.3) is 11.0 Å². The van der Waals surface area contributed by atoms with E-state index in [1.165, 1.54) is 17.2 Å². The van der Waals surface area contributed by atoms with Crippen LogP contribution in [-0.2, 0) is 16.2 Å². The quantitative estimate of drug-likeness (QED) is 0.546. The number of hydroxylamine groups is 2. The Bertz CT molecular complexity index is 1240. The van der Waals surface area contributed by atoms with Crippen molar-refractivity contribution in [3.8, 4) is 11.9 Å². The van der Waals surface area contributed by atoms with Gasteiger partial charge in [-0.05, 0) is 67.5 Å². The Kier molecular flexibility index (Phi) is 6.20. The smallest absolute Gasteiger partial charge is 0.249 e. The Labute approximate surface area is 197 Å². The van der Waals surface area contributed by atoms with Gasteiger partial charge in [-0.3, -0.25) is 9.63 Å². The maximum Gasteiger partial charge on any atom is 0.249 e. The molecule has 2 aromatic heterocycles. The highest BCUT2D eigenvalue weighted by Gasteiger charge is 2.37. The molecule has 0 N–H and O–H groups in total. The van der Waals surface area contributed by atoms with Gasteiger partial charge >= 0.3 is 0 Å². The zero-order valence-corrected chi connectivity index (χ0v) is 19.1. The fourth-order valence-corrected chi connectivity index (χ4v) is 5.24. The zero-order valence-electron chi connectivity index (χ0n) is 19.1. The minimum atomic E-state index is -0.472. The third kappa shape index (κ3) is 4.36. The van der Waals surface area contributed by atoms with Gasteiger partial charge in [0, 0.05) is 31.1 Å². The van der Waals surface area contributed by atoms with Crippen LogP contribution < -0.4 is 4.74 Å². The normalized spacial score (nSPS) is 22.6. The number of hydrogen-bond acceptors (Lipinski definition) is 5. The first-order chi connectivity index (χ1) is 16.6. The van der Waals surface area contributed by atoms with E-state index in [1.807, 2.05) is 24.3 Å². The summed E-state index contributed by atoms with van der Waals surface area (Å²) in [7, 11) is 1.61. The maximum absolute atomic E-state index is 14.0. The molecule has 0 bridgehead atoms. The highest BCUT2D eigenvalue weighted by atomic mass is 19.1. The summed E-state index contributed by atoms with van der Waals surface area (Å²) in [6.07, 6.45) is 6.16. The number of fused-ring (bicyclic) bond motifs is 1. The van der Waals surface area contributed by atoms with Crippen LogP contribution in [0.15, 0.2) is 42.6 Å². The zero-order chi connectivity index (χ0) is 23.7. The molecule has 1 amide bonds. The van der Waals surface area contributed by atoms with Gasteiger partial charge in [0.25, 0.3) is 0 Å². The number of nitriles is 1. The van der Waals surface area contributed by atoms with Crippen LogP contribution in [0.3, 0.4) is 0 Å². The fraction of sp³-hybridized carbons (Fsp3) is 0.423. The lowest BCUT2D eigenvalue weighted by atomic mass is 9.81. The van der Waals surface area contributed by atoms with Crippen LogP contribution in [0.2, 0.25) is 0 Å². The van der Waals surface area contributed by atoms with Gasteiger partial charge in [-0.25, -0.2) is 14.4 Å². The molecule has 1 saturated carbocycles. The first kappa shape index (κ1) is 22.4. The van der Waals surface area contributed by atoms with E-state index in [0.717, 1.165) is 43.3 Å². The number of ether oxygens (including phenoxy) is 1. The molecule has 8 heteroatoms. The number of methoxy groups -OCH3 is 1. The number of carbonyl (C=O) groups is 1.